The van der Waals surface area contributed by atoms with E-state index in [9.17, 15) is 43.2 Å². The zero-order valence-corrected chi connectivity index (χ0v) is 70.8. The van der Waals surface area contributed by atoms with Crippen molar-refractivity contribution in [3.63, 3.8) is 0 Å². The van der Waals surface area contributed by atoms with Crippen LogP contribution in [0.3, 0.4) is 0 Å². The largest absolute Gasteiger partial charge is 0.472 e. The molecule has 0 aliphatic carbocycles. The summed E-state index contributed by atoms with van der Waals surface area (Å²) in [5.74, 6) is -0.576. The van der Waals surface area contributed by atoms with E-state index in [2.05, 4.69) is 41.5 Å². The number of esters is 4. The summed E-state index contributed by atoms with van der Waals surface area (Å²) in [6, 6.07) is 0. The van der Waals surface area contributed by atoms with Crippen LogP contribution in [0.1, 0.15) is 459 Å². The summed E-state index contributed by atoms with van der Waals surface area (Å²) in [5.41, 5.74) is 0. The normalized spacial score (nSPS) is 13.8. The molecule has 0 aliphatic rings. The molecule has 17 nitrogen and oxygen atoms in total. The monoisotopic (exact) mass is 1540 g/mol. The van der Waals surface area contributed by atoms with Crippen molar-refractivity contribution in [1.82, 2.24) is 0 Å². The predicted molar refractivity (Wildman–Crippen MR) is 432 cm³/mol. The molecule has 0 amide bonds. The van der Waals surface area contributed by atoms with E-state index in [0.717, 1.165) is 102 Å². The summed E-state index contributed by atoms with van der Waals surface area (Å²) in [6.45, 7) is 9.66. The third-order valence-electron chi connectivity index (χ3n) is 20.2. The van der Waals surface area contributed by atoms with Gasteiger partial charge in [0.05, 0.1) is 26.4 Å². The third kappa shape index (κ3) is 79.9. The minimum atomic E-state index is -4.97. The van der Waals surface area contributed by atoms with E-state index >= 15 is 0 Å². The van der Waals surface area contributed by atoms with Gasteiger partial charge in [0, 0.05) is 25.7 Å². The maximum Gasteiger partial charge on any atom is 0.472 e. The van der Waals surface area contributed by atoms with E-state index < -0.39 is 97.5 Å². The number of carbonyl (C=O) groups is 4. The van der Waals surface area contributed by atoms with E-state index in [1.54, 1.807) is 0 Å². The van der Waals surface area contributed by atoms with Crippen LogP contribution in [0.2, 0.25) is 0 Å². The van der Waals surface area contributed by atoms with Crippen LogP contribution >= 0.6 is 15.6 Å². The highest BCUT2D eigenvalue weighted by atomic mass is 31.2. The second kappa shape index (κ2) is 77.4. The average Bonchev–Trinajstić information content (AvgIpc) is 0.926. The number of unbranched alkanes of at least 4 members (excludes halogenated alkanes) is 55. The number of phosphoric acid groups is 2. The van der Waals surface area contributed by atoms with Gasteiger partial charge in [0.2, 0.25) is 0 Å². The lowest BCUT2D eigenvalue weighted by atomic mass is 10.0. The van der Waals surface area contributed by atoms with Crippen molar-refractivity contribution in [2.45, 2.75) is 477 Å². The van der Waals surface area contributed by atoms with Gasteiger partial charge in [-0.2, -0.15) is 0 Å². The summed E-state index contributed by atoms with van der Waals surface area (Å²) >= 11 is 0. The summed E-state index contributed by atoms with van der Waals surface area (Å²) in [6.07, 6.45) is 69.5. The van der Waals surface area contributed by atoms with Crippen LogP contribution in [0.25, 0.3) is 0 Å². The Bertz CT molecular complexity index is 2010. The van der Waals surface area contributed by atoms with Gasteiger partial charge in [-0.3, -0.25) is 37.3 Å². The molecule has 2 unspecified atom stereocenters. The smallest absolute Gasteiger partial charge is 0.462 e. The Morgan fingerprint density at radius 3 is 0.648 bits per heavy atom. The lowest BCUT2D eigenvalue weighted by molar-refractivity contribution is -0.161. The third-order valence-corrected chi connectivity index (χ3v) is 22.1. The van der Waals surface area contributed by atoms with Crippen molar-refractivity contribution in [2.24, 2.45) is 11.8 Å². The van der Waals surface area contributed by atoms with Crippen molar-refractivity contribution in [2.75, 3.05) is 39.6 Å². The van der Waals surface area contributed by atoms with Crippen molar-refractivity contribution < 1.29 is 80.2 Å². The van der Waals surface area contributed by atoms with Gasteiger partial charge in [-0.15, -0.1) is 0 Å². The molecule has 0 bridgehead atoms. The quantitative estimate of drug-likeness (QED) is 0.0222. The molecule has 0 aromatic rings. The van der Waals surface area contributed by atoms with E-state index in [0.29, 0.717) is 25.7 Å². The molecule has 0 aromatic heterocycles. The first-order chi connectivity index (χ1) is 50.9. The number of carbonyl (C=O) groups excluding carboxylic acids is 4. The van der Waals surface area contributed by atoms with Crippen molar-refractivity contribution >= 4 is 39.5 Å². The lowest BCUT2D eigenvalue weighted by Crippen LogP contribution is -2.30. The first kappa shape index (κ1) is 103. The topological polar surface area (TPSA) is 237 Å². The molecule has 0 fully saturated rings. The van der Waals surface area contributed by atoms with Crippen molar-refractivity contribution in [3.8, 4) is 0 Å². The molecule has 19 heteroatoms. The average molecular weight is 1540 g/mol. The second-order valence-electron chi connectivity index (χ2n) is 31.9. The Morgan fingerprint density at radius 2 is 0.438 bits per heavy atom. The number of aliphatic hydroxyl groups is 1. The predicted octanol–water partition coefficient (Wildman–Crippen LogP) is 26.2. The maximum atomic E-state index is 13.1. The number of ether oxygens (including phenoxy) is 4. The standard InChI is InChI=1S/C86H168O17P2/c1-7-9-11-13-15-17-19-21-23-25-26-27-29-31-37-41-45-53-59-65-70-85(90)102-81(74-96-83(88)68-62-56-50-43-39-35-33-32-34-38-42-48-54-60-66-78(3)4)76-100-104(92,93)98-72-80(87)73-99-105(94,95)101-77-82(75-97-84(89)69-63-57-51-47-46-49-55-61-67-79(5)6)103-86(91)71-64-58-52-44-40-36-30-28-24-22-20-18-16-14-12-10-8-2/h78-82,87H,7-77H2,1-6H3,(H,92,93)(H,94,95)/t80-,81-,82-/m1/s1. The van der Waals surface area contributed by atoms with Crippen LogP contribution in [-0.2, 0) is 65.4 Å². The summed E-state index contributed by atoms with van der Waals surface area (Å²) in [5, 5.41) is 10.7. The van der Waals surface area contributed by atoms with E-state index in [1.807, 2.05) is 0 Å². The van der Waals surface area contributed by atoms with Gasteiger partial charge in [-0.1, -0.05) is 408 Å². The Kier molecular flexibility index (Phi) is 76.0. The van der Waals surface area contributed by atoms with Gasteiger partial charge in [0.15, 0.2) is 12.2 Å². The molecule has 0 rings (SSSR count). The molecule has 624 valence electrons. The molecule has 0 aromatic carbocycles. The highest BCUT2D eigenvalue weighted by Crippen LogP contribution is 2.45. The molecule has 0 saturated heterocycles. The van der Waals surface area contributed by atoms with Gasteiger partial charge in [-0.05, 0) is 37.5 Å². The van der Waals surface area contributed by atoms with Crippen LogP contribution in [0, 0.1) is 11.8 Å². The molecule has 5 atom stereocenters. The highest BCUT2D eigenvalue weighted by molar-refractivity contribution is 7.47. The van der Waals surface area contributed by atoms with Crippen LogP contribution in [0.15, 0.2) is 0 Å². The summed E-state index contributed by atoms with van der Waals surface area (Å²) < 4.78 is 68.9. The molecule has 0 saturated carbocycles. The van der Waals surface area contributed by atoms with E-state index in [4.69, 9.17) is 37.0 Å². The molecular formula is C86H168O17P2. The first-order valence-electron chi connectivity index (χ1n) is 44.5. The molecule has 3 N–H and O–H groups in total. The van der Waals surface area contributed by atoms with Gasteiger partial charge in [0.25, 0.3) is 0 Å². The van der Waals surface area contributed by atoms with Gasteiger partial charge >= 0.3 is 39.5 Å². The Hall–Kier alpha value is -1.94. The summed E-state index contributed by atoms with van der Waals surface area (Å²) in [7, 11) is -9.93. The Labute approximate surface area is 645 Å². The minimum Gasteiger partial charge on any atom is -0.462 e. The number of rotatable bonds is 85. The maximum absolute atomic E-state index is 13.1. The Balaban J connectivity index is 5.24. The van der Waals surface area contributed by atoms with Gasteiger partial charge < -0.3 is 33.8 Å². The number of aliphatic hydroxyl groups excluding tert-OH is 1. The van der Waals surface area contributed by atoms with Crippen molar-refractivity contribution in [1.29, 1.82) is 0 Å². The highest BCUT2D eigenvalue weighted by Gasteiger charge is 2.30. The first-order valence-corrected chi connectivity index (χ1v) is 47.5. The Morgan fingerprint density at radius 1 is 0.257 bits per heavy atom. The molecule has 105 heavy (non-hydrogen) atoms. The zero-order valence-electron chi connectivity index (χ0n) is 69.0. The van der Waals surface area contributed by atoms with Gasteiger partial charge in [-0.25, -0.2) is 9.13 Å². The zero-order chi connectivity index (χ0) is 77.1. The fraction of sp³-hybridized carbons (Fsp3) is 0.953. The summed E-state index contributed by atoms with van der Waals surface area (Å²) in [4.78, 5) is 73.2. The fourth-order valence-corrected chi connectivity index (χ4v) is 15.0. The van der Waals surface area contributed by atoms with E-state index in [-0.39, 0.29) is 25.7 Å². The van der Waals surface area contributed by atoms with Crippen molar-refractivity contribution in [3.05, 3.63) is 0 Å². The molecular weight excluding hydrogens is 1370 g/mol. The van der Waals surface area contributed by atoms with Crippen LogP contribution in [0.5, 0.6) is 0 Å². The van der Waals surface area contributed by atoms with Crippen LogP contribution < -0.4 is 0 Å². The van der Waals surface area contributed by atoms with Gasteiger partial charge in [0.1, 0.15) is 19.3 Å². The van der Waals surface area contributed by atoms with Crippen LogP contribution in [-0.4, -0.2) is 96.7 Å². The molecule has 0 radical (unpaired) electrons. The molecule has 0 heterocycles. The SMILES string of the molecule is CCCCCCCCCCCCCCCCCCCCCCC(=O)O[C@H](COC(=O)CCCCCCCCCCCCCCCCC(C)C)COP(=O)(O)OC[C@@H](O)COP(=O)(O)OC[C@@H](COC(=O)CCCCCCCCCCC(C)C)OC(=O)CCCCCCCCCCCCCCCCCCC. The number of phosphoric ester groups is 2. The molecule has 0 spiro atoms. The number of hydrogen-bond acceptors (Lipinski definition) is 15. The lowest BCUT2D eigenvalue weighted by Gasteiger charge is -2.21. The second-order valence-corrected chi connectivity index (χ2v) is 34.8. The minimum absolute atomic E-state index is 0.108. The van der Waals surface area contributed by atoms with Crippen LogP contribution in [0.4, 0.5) is 0 Å². The number of hydrogen-bond donors (Lipinski definition) is 3. The van der Waals surface area contributed by atoms with E-state index in [1.165, 1.54) is 276 Å². The fourth-order valence-electron chi connectivity index (χ4n) is 13.4. The molecule has 0 aliphatic heterocycles.